The lowest BCUT2D eigenvalue weighted by Gasteiger charge is -2.26. The molecule has 0 unspecified atom stereocenters. The van der Waals surface area contributed by atoms with Gasteiger partial charge in [0.2, 0.25) is 35.4 Å². The summed E-state index contributed by atoms with van der Waals surface area (Å²) in [6, 6.07) is 23.4. The molecule has 0 spiro atoms. The third-order valence-corrected chi connectivity index (χ3v) is 10.3. The zero-order chi connectivity index (χ0) is 43.2. The minimum Gasteiger partial charge on any atom is -0.368 e. The minimum absolute atomic E-state index is 0.0139. The number of unbranched alkanes of at least 4 members (excludes halogenated alkanes) is 1. The number of para-hydroxylation sites is 1. The first-order valence-electron chi connectivity index (χ1n) is 20.2. The van der Waals surface area contributed by atoms with Gasteiger partial charge in [-0.3, -0.25) is 28.8 Å². The summed E-state index contributed by atoms with van der Waals surface area (Å²) in [6.45, 7) is 3.38. The molecule has 0 bridgehead atoms. The maximum atomic E-state index is 14.3. The van der Waals surface area contributed by atoms with E-state index < -0.39 is 71.7 Å². The Morgan fingerprint density at radius 3 is 1.83 bits per heavy atom. The molecule has 0 aliphatic carbocycles. The molecule has 15 heteroatoms. The van der Waals surface area contributed by atoms with Gasteiger partial charge in [-0.15, -0.1) is 0 Å². The molecule has 6 atom stereocenters. The molecular formula is C45H55N9O6. The number of nitrogens with one attached hydrogen (secondary N) is 6. The lowest BCUT2D eigenvalue weighted by Crippen LogP contribution is -2.59. The molecule has 0 fully saturated rings. The molecule has 316 valence electrons. The SMILES string of the molecule is C[C@@H](N)C(=O)N[C@H](Cc1ccc2ccccc2c1)C(=O)N[C@H](C)C(=O)N[C@@H](Cc1c[nH]c2ccccc12)C(=O)N[C@H](Cc1ccccc1)C(=O)N[C@@H](CCCCN)C(N)=O. The standard InChI is InChI=1S/C45H55N9O6/c1-27(47)41(56)52-38(24-30-19-20-31-14-6-7-15-32(31)22-30)43(58)50-28(2)42(57)53-39(25-33-26-49-35-17-9-8-16-34(33)35)45(60)54-37(23-29-12-4-3-5-13-29)44(59)51-36(40(48)55)18-10-11-21-46/h3-9,12-17,19-20,22,26-28,36-39,49H,10-11,18,21,23-25,46-47H2,1-2H3,(H2,48,55)(H,50,58)(H,51,59)(H,52,56)(H,53,57)(H,54,60)/t27-,28-,36+,37-,38-,39+/m1/s1. The number of carbonyl (C=O) groups excluding carboxylic acids is 6. The Kier molecular flexibility index (Phi) is 15.9. The van der Waals surface area contributed by atoms with E-state index in [4.69, 9.17) is 17.2 Å². The summed E-state index contributed by atoms with van der Waals surface area (Å²) in [4.78, 5) is 84.2. The van der Waals surface area contributed by atoms with Crippen molar-refractivity contribution in [2.75, 3.05) is 6.54 Å². The molecule has 1 heterocycles. The van der Waals surface area contributed by atoms with Gasteiger partial charge >= 0.3 is 0 Å². The maximum absolute atomic E-state index is 14.3. The van der Waals surface area contributed by atoms with Crippen LogP contribution < -0.4 is 43.8 Å². The Labute approximate surface area is 349 Å². The number of nitrogens with two attached hydrogens (primary N) is 3. The number of fused-ring (bicyclic) bond motifs is 2. The summed E-state index contributed by atoms with van der Waals surface area (Å²) >= 11 is 0. The molecule has 5 rings (SSSR count). The lowest BCUT2D eigenvalue weighted by atomic mass is 10.0. The topological polar surface area (TPSA) is 256 Å². The highest BCUT2D eigenvalue weighted by atomic mass is 16.2. The summed E-state index contributed by atoms with van der Waals surface area (Å²) in [6.07, 6.45) is 3.39. The zero-order valence-corrected chi connectivity index (χ0v) is 33.9. The molecule has 5 aromatic rings. The van der Waals surface area contributed by atoms with E-state index in [9.17, 15) is 28.8 Å². The van der Waals surface area contributed by atoms with Crippen LogP contribution in [-0.4, -0.2) is 83.2 Å². The van der Waals surface area contributed by atoms with Crippen LogP contribution in [-0.2, 0) is 48.0 Å². The van der Waals surface area contributed by atoms with Gasteiger partial charge in [-0.05, 0) is 73.2 Å². The highest BCUT2D eigenvalue weighted by Gasteiger charge is 2.32. The quantitative estimate of drug-likeness (QED) is 0.0492. The first-order valence-corrected chi connectivity index (χ1v) is 20.2. The molecule has 0 saturated carbocycles. The Morgan fingerprint density at radius 1 is 0.583 bits per heavy atom. The van der Waals surface area contributed by atoms with Crippen molar-refractivity contribution in [2.24, 2.45) is 17.2 Å². The number of primary amides is 1. The van der Waals surface area contributed by atoms with Crippen LogP contribution in [0.3, 0.4) is 0 Å². The van der Waals surface area contributed by atoms with E-state index in [1.165, 1.54) is 13.8 Å². The van der Waals surface area contributed by atoms with Gasteiger partial charge in [0, 0.05) is 36.4 Å². The van der Waals surface area contributed by atoms with Crippen molar-refractivity contribution in [3.8, 4) is 0 Å². The van der Waals surface area contributed by atoms with Crippen LogP contribution in [0.15, 0.2) is 103 Å². The van der Waals surface area contributed by atoms with E-state index in [0.29, 0.717) is 19.4 Å². The Bertz CT molecular complexity index is 2280. The van der Waals surface area contributed by atoms with Crippen LogP contribution in [0.2, 0.25) is 0 Å². The summed E-state index contributed by atoms with van der Waals surface area (Å²) in [5.74, 6) is -3.90. The van der Waals surface area contributed by atoms with E-state index >= 15 is 0 Å². The van der Waals surface area contributed by atoms with Crippen molar-refractivity contribution in [1.29, 1.82) is 0 Å². The largest absolute Gasteiger partial charge is 0.368 e. The molecule has 15 nitrogen and oxygen atoms in total. The number of carbonyl (C=O) groups is 6. The fourth-order valence-electron chi connectivity index (χ4n) is 6.90. The van der Waals surface area contributed by atoms with Crippen molar-refractivity contribution >= 4 is 57.1 Å². The van der Waals surface area contributed by atoms with Gasteiger partial charge in [-0.25, -0.2) is 0 Å². The molecule has 1 aromatic heterocycles. The van der Waals surface area contributed by atoms with Crippen molar-refractivity contribution in [3.63, 3.8) is 0 Å². The zero-order valence-electron chi connectivity index (χ0n) is 33.9. The average molecular weight is 818 g/mol. The smallest absolute Gasteiger partial charge is 0.243 e. The summed E-state index contributed by atoms with van der Waals surface area (Å²) in [5.41, 5.74) is 20.2. The Balaban J connectivity index is 1.37. The molecule has 60 heavy (non-hydrogen) atoms. The summed E-state index contributed by atoms with van der Waals surface area (Å²) < 4.78 is 0. The highest BCUT2D eigenvalue weighted by Crippen LogP contribution is 2.20. The fourth-order valence-corrected chi connectivity index (χ4v) is 6.90. The fraction of sp³-hybridized carbons (Fsp3) is 0.333. The summed E-state index contributed by atoms with van der Waals surface area (Å²) in [7, 11) is 0. The number of aromatic nitrogens is 1. The normalized spacial score (nSPS) is 14.2. The first kappa shape index (κ1) is 44.5. The minimum atomic E-state index is -1.23. The number of aromatic amines is 1. The van der Waals surface area contributed by atoms with Crippen LogP contribution in [0.25, 0.3) is 21.7 Å². The van der Waals surface area contributed by atoms with Crippen LogP contribution in [0.1, 0.15) is 49.8 Å². The molecule has 4 aromatic carbocycles. The Morgan fingerprint density at radius 2 is 1.15 bits per heavy atom. The van der Waals surface area contributed by atoms with E-state index in [1.54, 1.807) is 30.5 Å². The van der Waals surface area contributed by atoms with Crippen molar-refractivity contribution in [2.45, 2.75) is 88.6 Å². The van der Waals surface area contributed by atoms with Gasteiger partial charge in [0.05, 0.1) is 6.04 Å². The number of rotatable bonds is 21. The number of amides is 6. The van der Waals surface area contributed by atoms with Crippen LogP contribution in [0.5, 0.6) is 0 Å². The Hall–Kier alpha value is -6.58. The number of H-pyrrole nitrogens is 1. The lowest BCUT2D eigenvalue weighted by molar-refractivity contribution is -0.134. The van der Waals surface area contributed by atoms with Crippen molar-refractivity contribution < 1.29 is 28.8 Å². The maximum Gasteiger partial charge on any atom is 0.243 e. The van der Waals surface area contributed by atoms with Gasteiger partial charge in [0.1, 0.15) is 30.2 Å². The van der Waals surface area contributed by atoms with Crippen molar-refractivity contribution in [1.82, 2.24) is 31.6 Å². The third-order valence-electron chi connectivity index (χ3n) is 10.3. The molecular weight excluding hydrogens is 763 g/mol. The van der Waals surface area contributed by atoms with Gasteiger partial charge in [-0.2, -0.15) is 0 Å². The van der Waals surface area contributed by atoms with Crippen LogP contribution >= 0.6 is 0 Å². The predicted octanol–water partition coefficient (Wildman–Crippen LogP) is 1.75. The van der Waals surface area contributed by atoms with Gasteiger partial charge in [-0.1, -0.05) is 91.0 Å². The van der Waals surface area contributed by atoms with E-state index in [1.807, 2.05) is 72.8 Å². The van der Waals surface area contributed by atoms with Gasteiger partial charge in [0.25, 0.3) is 0 Å². The first-order chi connectivity index (χ1) is 28.8. The second kappa shape index (κ2) is 21.4. The number of benzene rings is 4. The number of hydrogen-bond acceptors (Lipinski definition) is 8. The highest BCUT2D eigenvalue weighted by molar-refractivity contribution is 5.97. The monoisotopic (exact) mass is 817 g/mol. The van der Waals surface area contributed by atoms with E-state index in [2.05, 4.69) is 31.6 Å². The molecule has 0 radical (unpaired) electrons. The van der Waals surface area contributed by atoms with Crippen molar-refractivity contribution in [3.05, 3.63) is 120 Å². The predicted molar refractivity (Wildman–Crippen MR) is 231 cm³/mol. The van der Waals surface area contributed by atoms with Crippen LogP contribution in [0, 0.1) is 0 Å². The summed E-state index contributed by atoms with van der Waals surface area (Å²) in [5, 5.41) is 16.5. The van der Waals surface area contributed by atoms with Gasteiger partial charge in [0.15, 0.2) is 0 Å². The van der Waals surface area contributed by atoms with E-state index in [-0.39, 0.29) is 25.7 Å². The molecule has 0 saturated heterocycles. The second-order valence-electron chi connectivity index (χ2n) is 15.1. The third kappa shape index (κ3) is 12.5. The molecule has 12 N–H and O–H groups in total. The molecule has 0 aliphatic rings. The second-order valence-corrected chi connectivity index (χ2v) is 15.1. The van der Waals surface area contributed by atoms with E-state index in [0.717, 1.165) is 38.4 Å². The van der Waals surface area contributed by atoms with Crippen LogP contribution in [0.4, 0.5) is 0 Å². The molecule has 6 amide bonds. The molecule has 0 aliphatic heterocycles. The van der Waals surface area contributed by atoms with Gasteiger partial charge < -0.3 is 48.8 Å². The number of hydrogen-bond donors (Lipinski definition) is 9. The average Bonchev–Trinajstić information content (AvgIpc) is 3.65.